The maximum atomic E-state index is 12.9. The van der Waals surface area contributed by atoms with E-state index in [9.17, 15) is 27.6 Å². The third kappa shape index (κ3) is 4.25. The molecule has 1 N–H and O–H groups in total. The van der Waals surface area contributed by atoms with Crippen molar-refractivity contribution >= 4 is 29.2 Å². The lowest BCUT2D eigenvalue weighted by molar-refractivity contribution is -0.340. The lowest BCUT2D eigenvalue weighted by Crippen LogP contribution is -2.79. The van der Waals surface area contributed by atoms with Crippen LogP contribution in [0.4, 0.5) is 13.2 Å². The maximum Gasteiger partial charge on any atom is 0.522 e. The average molecular weight is 539 g/mol. The number of nitrogens with one attached hydrogen (secondary N) is 1. The van der Waals surface area contributed by atoms with Crippen LogP contribution < -0.4 is 10.1 Å². The van der Waals surface area contributed by atoms with Crippen LogP contribution in [0.5, 0.6) is 5.75 Å². The number of nitrogens with zero attached hydrogens (tertiary/aromatic N) is 3. The minimum Gasteiger partial charge on any atom is -0.479 e. The van der Waals surface area contributed by atoms with E-state index >= 15 is 0 Å². The van der Waals surface area contributed by atoms with Crippen LogP contribution >= 0.6 is 11.6 Å². The molecule has 7 rings (SSSR count). The van der Waals surface area contributed by atoms with Gasteiger partial charge in [0.1, 0.15) is 11.4 Å². The number of likely N-dealkylation sites (tertiary alicyclic amines) is 1. The molecule has 2 aromatic rings. The summed E-state index contributed by atoms with van der Waals surface area (Å²) in [5.41, 5.74) is -0.166. The second-order valence-corrected chi connectivity index (χ2v) is 10.7. The summed E-state index contributed by atoms with van der Waals surface area (Å²) in [4.78, 5) is 43.6. The van der Waals surface area contributed by atoms with Crippen LogP contribution in [0.15, 0.2) is 30.7 Å². The van der Waals surface area contributed by atoms with Gasteiger partial charge in [-0.2, -0.15) is 0 Å². The third-order valence-corrected chi connectivity index (χ3v) is 7.88. The lowest BCUT2D eigenvalue weighted by Gasteiger charge is -2.70. The number of hydrogen-bond donors (Lipinski definition) is 1. The molecule has 1 aromatic carbocycles. The number of alkyl halides is 3. The number of benzene rings is 1. The SMILES string of the molecule is O=C1C[C@H](C(=O)NC23CC(n4cnc(C(=O)N5CC[C@H](OC(F)(F)F)C5)c4)(C2)C3)Oc2ccc(Cl)cc21. The Kier molecular flexibility index (Phi) is 5.36. The van der Waals surface area contributed by atoms with Gasteiger partial charge in [0.25, 0.3) is 11.8 Å². The summed E-state index contributed by atoms with van der Waals surface area (Å²) in [5.74, 6) is -0.668. The average Bonchev–Trinajstić information content (AvgIpc) is 3.44. The monoisotopic (exact) mass is 538 g/mol. The molecule has 0 radical (unpaired) electrons. The highest BCUT2D eigenvalue weighted by atomic mass is 35.5. The standard InChI is InChI=1S/C24H22ClF3N4O5/c25-13-1-2-18-15(5-13)17(33)6-19(36-18)20(34)30-22-9-23(10-22,11-22)32-8-16(29-12-32)21(35)31-4-3-14(7-31)37-24(26,27)28/h1-2,5,8,12,14,19H,3-4,6-7,9-11H2,(H,30,34)/t14-,19+,22?,23?/m0/s1. The summed E-state index contributed by atoms with van der Waals surface area (Å²) in [6.45, 7) is 0.0186. The quantitative estimate of drug-likeness (QED) is 0.628. The molecule has 5 aliphatic rings. The normalized spacial score (nSPS) is 30.2. The van der Waals surface area contributed by atoms with Crippen molar-refractivity contribution in [3.8, 4) is 5.75 Å². The first-order chi connectivity index (χ1) is 17.4. The van der Waals surface area contributed by atoms with E-state index in [1.165, 1.54) is 11.0 Å². The molecule has 1 aromatic heterocycles. The zero-order chi connectivity index (χ0) is 26.2. The zero-order valence-electron chi connectivity index (χ0n) is 19.4. The van der Waals surface area contributed by atoms with Gasteiger partial charge in [0.05, 0.1) is 30.0 Å². The summed E-state index contributed by atoms with van der Waals surface area (Å²) in [6.07, 6.45) is -1.66. The topological polar surface area (TPSA) is 103 Å². The molecule has 3 heterocycles. The Labute approximate surface area is 213 Å². The Morgan fingerprint density at radius 1 is 1.24 bits per heavy atom. The highest BCUT2D eigenvalue weighted by molar-refractivity contribution is 6.31. The molecule has 2 amide bonds. The van der Waals surface area contributed by atoms with E-state index in [1.54, 1.807) is 24.7 Å². The van der Waals surface area contributed by atoms with Crippen molar-refractivity contribution in [1.82, 2.24) is 19.8 Å². The number of hydrogen-bond acceptors (Lipinski definition) is 6. The number of carbonyl (C=O) groups excluding carboxylic acids is 3. The number of carbonyl (C=O) groups is 3. The molecule has 2 atom stereocenters. The van der Waals surface area contributed by atoms with Gasteiger partial charge in [0.2, 0.25) is 0 Å². The Morgan fingerprint density at radius 2 is 2.00 bits per heavy atom. The van der Waals surface area contributed by atoms with Gasteiger partial charge in [0, 0.05) is 29.8 Å². The van der Waals surface area contributed by atoms with Crippen molar-refractivity contribution in [2.24, 2.45) is 0 Å². The van der Waals surface area contributed by atoms with Crippen molar-refractivity contribution in [3.05, 3.63) is 47.0 Å². The van der Waals surface area contributed by atoms with Gasteiger partial charge < -0.3 is 19.5 Å². The van der Waals surface area contributed by atoms with Crippen LogP contribution in [0.1, 0.15) is 53.0 Å². The number of ketones is 1. The first-order valence-electron chi connectivity index (χ1n) is 11.8. The fraction of sp³-hybridized carbons (Fsp3) is 0.500. The fourth-order valence-corrected chi connectivity index (χ4v) is 6.15. The number of ether oxygens (including phenoxy) is 2. The number of fused-ring (bicyclic) bond motifs is 1. The van der Waals surface area contributed by atoms with Crippen molar-refractivity contribution in [2.75, 3.05) is 13.1 Å². The summed E-state index contributed by atoms with van der Waals surface area (Å²) in [7, 11) is 0. The molecule has 0 unspecified atom stereocenters. The van der Waals surface area contributed by atoms with Crippen LogP contribution in [0.3, 0.4) is 0 Å². The van der Waals surface area contributed by atoms with Gasteiger partial charge >= 0.3 is 6.36 Å². The van der Waals surface area contributed by atoms with E-state index in [0.717, 1.165) is 0 Å². The number of rotatable bonds is 5. The molecule has 3 aliphatic carbocycles. The van der Waals surface area contributed by atoms with Gasteiger partial charge in [-0.3, -0.25) is 19.1 Å². The molecule has 13 heteroatoms. The van der Waals surface area contributed by atoms with E-state index in [-0.39, 0.29) is 48.9 Å². The molecule has 9 nitrogen and oxygen atoms in total. The van der Waals surface area contributed by atoms with E-state index in [0.29, 0.717) is 35.6 Å². The second kappa shape index (κ2) is 8.19. The molecule has 2 aliphatic heterocycles. The minimum absolute atomic E-state index is 0.0707. The molecule has 37 heavy (non-hydrogen) atoms. The van der Waals surface area contributed by atoms with E-state index in [4.69, 9.17) is 16.3 Å². The number of Topliss-reactive ketones (excluding diaryl/α,β-unsaturated/α-hetero) is 1. The summed E-state index contributed by atoms with van der Waals surface area (Å²) in [5, 5.41) is 3.45. The number of amides is 2. The predicted octanol–water partition coefficient (Wildman–Crippen LogP) is 3.07. The van der Waals surface area contributed by atoms with Gasteiger partial charge in [0.15, 0.2) is 11.9 Å². The molecule has 0 spiro atoms. The molecular weight excluding hydrogens is 517 g/mol. The number of aromatic nitrogens is 2. The largest absolute Gasteiger partial charge is 0.522 e. The molecule has 4 fully saturated rings. The van der Waals surface area contributed by atoms with Gasteiger partial charge in [-0.05, 0) is 43.9 Å². The fourth-order valence-electron chi connectivity index (χ4n) is 5.98. The number of imidazole rings is 1. The van der Waals surface area contributed by atoms with Crippen molar-refractivity contribution in [1.29, 1.82) is 0 Å². The number of halogens is 4. The predicted molar refractivity (Wildman–Crippen MR) is 121 cm³/mol. The summed E-state index contributed by atoms with van der Waals surface area (Å²) in [6, 6.07) is 4.71. The Morgan fingerprint density at radius 3 is 2.73 bits per heavy atom. The van der Waals surface area contributed by atoms with Crippen molar-refractivity contribution < 1.29 is 37.0 Å². The van der Waals surface area contributed by atoms with Gasteiger partial charge in [-0.1, -0.05) is 11.6 Å². The maximum absolute atomic E-state index is 12.9. The molecule has 3 saturated carbocycles. The van der Waals surface area contributed by atoms with E-state index in [1.807, 2.05) is 4.57 Å². The lowest BCUT2D eigenvalue weighted by atomic mass is 9.44. The Bertz CT molecular complexity index is 1290. The third-order valence-electron chi connectivity index (χ3n) is 7.65. The summed E-state index contributed by atoms with van der Waals surface area (Å²) < 4.78 is 49.0. The van der Waals surface area contributed by atoms with E-state index < -0.39 is 30.0 Å². The second-order valence-electron chi connectivity index (χ2n) is 10.3. The Balaban J connectivity index is 1.04. The van der Waals surface area contributed by atoms with Crippen molar-refractivity contribution in [2.45, 2.75) is 61.8 Å². The van der Waals surface area contributed by atoms with Gasteiger partial charge in [-0.15, -0.1) is 13.2 Å². The molecule has 196 valence electrons. The van der Waals surface area contributed by atoms with Crippen LogP contribution in [0.25, 0.3) is 0 Å². The molecular formula is C24H22ClF3N4O5. The van der Waals surface area contributed by atoms with Crippen LogP contribution in [0.2, 0.25) is 5.02 Å². The first kappa shape index (κ1) is 24.2. The van der Waals surface area contributed by atoms with Crippen LogP contribution in [-0.2, 0) is 15.1 Å². The summed E-state index contributed by atoms with van der Waals surface area (Å²) >= 11 is 5.94. The first-order valence-corrected chi connectivity index (χ1v) is 12.2. The molecule has 1 saturated heterocycles. The Hall–Kier alpha value is -3.12. The minimum atomic E-state index is -4.74. The molecule has 2 bridgehead atoms. The van der Waals surface area contributed by atoms with Crippen molar-refractivity contribution in [3.63, 3.8) is 0 Å². The zero-order valence-corrected chi connectivity index (χ0v) is 20.1. The van der Waals surface area contributed by atoms with Gasteiger partial charge in [-0.25, -0.2) is 4.98 Å². The van der Waals surface area contributed by atoms with E-state index in [2.05, 4.69) is 15.0 Å². The highest BCUT2D eigenvalue weighted by Gasteiger charge is 2.70. The smallest absolute Gasteiger partial charge is 0.479 e. The van der Waals surface area contributed by atoms with Crippen LogP contribution in [0, 0.1) is 0 Å². The van der Waals surface area contributed by atoms with Crippen LogP contribution in [-0.4, -0.2) is 69.2 Å². The highest BCUT2D eigenvalue weighted by Crippen LogP contribution is 2.65.